The van der Waals surface area contributed by atoms with Crippen LogP contribution in [0.25, 0.3) is 0 Å². The maximum absolute atomic E-state index is 5.85. The largest absolute Gasteiger partial charge is 0.327 e. The Labute approximate surface area is 79.4 Å². The Hall–Kier alpha value is -0.530. The van der Waals surface area contributed by atoms with Crippen molar-refractivity contribution >= 4 is 12.4 Å². The summed E-state index contributed by atoms with van der Waals surface area (Å²) in [6, 6.07) is 11.0. The Morgan fingerprint density at radius 3 is 2.17 bits per heavy atom. The lowest BCUT2D eigenvalue weighted by molar-refractivity contribution is 0.347. The fraction of sp³-hybridized carbons (Fsp3) is 0.400. The smallest absolute Gasteiger partial charge is 0.0108 e. The van der Waals surface area contributed by atoms with Crippen molar-refractivity contribution in [3.05, 3.63) is 35.9 Å². The van der Waals surface area contributed by atoms with Crippen molar-refractivity contribution in [2.24, 2.45) is 5.73 Å². The van der Waals surface area contributed by atoms with Gasteiger partial charge in [0.2, 0.25) is 0 Å². The molecule has 0 heterocycles. The van der Waals surface area contributed by atoms with Gasteiger partial charge in [0.1, 0.15) is 0 Å². The van der Waals surface area contributed by atoms with Crippen LogP contribution < -0.4 is 5.73 Å². The molecular formula is C10H14ClN. The third-order valence-electron chi connectivity index (χ3n) is 2.56. The van der Waals surface area contributed by atoms with E-state index in [2.05, 4.69) is 24.3 Å². The van der Waals surface area contributed by atoms with Crippen molar-refractivity contribution in [3.8, 4) is 0 Å². The molecule has 1 aliphatic carbocycles. The Balaban J connectivity index is 0.000000720. The monoisotopic (exact) mass is 183 g/mol. The molecular weight excluding hydrogens is 170 g/mol. The quantitative estimate of drug-likeness (QED) is 0.711. The first-order chi connectivity index (χ1) is 5.38. The Bertz CT molecular complexity index is 235. The van der Waals surface area contributed by atoms with E-state index in [9.17, 15) is 0 Å². The van der Waals surface area contributed by atoms with Gasteiger partial charge in [-0.3, -0.25) is 0 Å². The molecule has 1 nitrogen and oxygen atoms in total. The van der Waals surface area contributed by atoms with Crippen molar-refractivity contribution in [2.45, 2.75) is 24.8 Å². The van der Waals surface area contributed by atoms with Crippen LogP contribution in [0, 0.1) is 0 Å². The summed E-state index contributed by atoms with van der Waals surface area (Å²) < 4.78 is 0. The molecule has 0 aliphatic heterocycles. The molecule has 1 fully saturated rings. The summed E-state index contributed by atoms with van der Waals surface area (Å²) in [7, 11) is 0. The second kappa shape index (κ2) is 3.92. The first kappa shape index (κ1) is 9.56. The lowest BCUT2D eigenvalue weighted by Crippen LogP contribution is -2.37. The zero-order chi connectivity index (χ0) is 7.68. The third kappa shape index (κ3) is 1.62. The Morgan fingerprint density at radius 1 is 1.08 bits per heavy atom. The highest BCUT2D eigenvalue weighted by molar-refractivity contribution is 5.85. The number of halogens is 1. The molecule has 1 aliphatic rings. The van der Waals surface area contributed by atoms with E-state index in [1.807, 2.05) is 6.07 Å². The van der Waals surface area contributed by atoms with Gasteiger partial charge >= 0.3 is 0 Å². The first-order valence-corrected chi connectivity index (χ1v) is 4.18. The van der Waals surface area contributed by atoms with E-state index in [-0.39, 0.29) is 12.4 Å². The van der Waals surface area contributed by atoms with E-state index >= 15 is 0 Å². The van der Waals surface area contributed by atoms with E-state index in [1.165, 1.54) is 18.4 Å². The molecule has 66 valence electrons. The summed E-state index contributed by atoms with van der Waals surface area (Å²) in [5.74, 6) is 0.635. The fourth-order valence-corrected chi connectivity index (χ4v) is 1.64. The van der Waals surface area contributed by atoms with E-state index in [4.69, 9.17) is 5.73 Å². The summed E-state index contributed by atoms with van der Waals surface area (Å²) in [6.45, 7) is 0. The van der Waals surface area contributed by atoms with Crippen LogP contribution in [0.2, 0.25) is 0 Å². The number of benzene rings is 1. The lowest BCUT2D eigenvalue weighted by Gasteiger charge is -2.33. The third-order valence-corrected chi connectivity index (χ3v) is 2.56. The second-order valence-electron chi connectivity index (χ2n) is 3.26. The average molecular weight is 184 g/mol. The van der Waals surface area contributed by atoms with E-state index in [0.29, 0.717) is 12.0 Å². The van der Waals surface area contributed by atoms with Gasteiger partial charge in [-0.1, -0.05) is 30.3 Å². The lowest BCUT2D eigenvalue weighted by atomic mass is 9.76. The summed E-state index contributed by atoms with van der Waals surface area (Å²) in [4.78, 5) is 0. The molecule has 0 bridgehead atoms. The van der Waals surface area contributed by atoms with Gasteiger partial charge in [-0.25, -0.2) is 0 Å². The van der Waals surface area contributed by atoms with Crippen LogP contribution in [0.4, 0.5) is 0 Å². The first-order valence-electron chi connectivity index (χ1n) is 4.18. The highest BCUT2D eigenvalue weighted by atomic mass is 35.5. The highest BCUT2D eigenvalue weighted by Crippen LogP contribution is 2.34. The molecule has 2 heteroatoms. The zero-order valence-corrected chi connectivity index (χ0v) is 7.76. The van der Waals surface area contributed by atoms with Crippen LogP contribution in [-0.2, 0) is 0 Å². The standard InChI is InChI=1S/C10H13N.ClH/c11-10-7-6-9(10)8-4-2-1-3-5-8;/h1-5,9-10H,6-7,11H2;1H/t9-,10+;/m0./s1. The minimum atomic E-state index is 0. The summed E-state index contributed by atoms with van der Waals surface area (Å²) in [5.41, 5.74) is 7.26. The molecule has 1 aromatic rings. The molecule has 0 radical (unpaired) electrons. The van der Waals surface area contributed by atoms with Crippen LogP contribution in [-0.4, -0.2) is 6.04 Å². The number of rotatable bonds is 1. The average Bonchev–Trinajstić information content (AvgIpc) is 2.04. The summed E-state index contributed by atoms with van der Waals surface area (Å²) >= 11 is 0. The topological polar surface area (TPSA) is 26.0 Å². The van der Waals surface area contributed by atoms with Crippen molar-refractivity contribution in [1.82, 2.24) is 0 Å². The molecule has 0 spiro atoms. The molecule has 12 heavy (non-hydrogen) atoms. The second-order valence-corrected chi connectivity index (χ2v) is 3.26. The van der Waals surface area contributed by atoms with Gasteiger partial charge in [0, 0.05) is 6.04 Å². The van der Waals surface area contributed by atoms with E-state index in [1.54, 1.807) is 0 Å². The van der Waals surface area contributed by atoms with Crippen molar-refractivity contribution < 1.29 is 0 Å². The normalized spacial score (nSPS) is 27.1. The molecule has 2 atom stereocenters. The Kier molecular flexibility index (Phi) is 3.12. The van der Waals surface area contributed by atoms with Gasteiger partial charge < -0.3 is 5.73 Å². The van der Waals surface area contributed by atoms with Crippen LogP contribution in [0.3, 0.4) is 0 Å². The van der Waals surface area contributed by atoms with Crippen molar-refractivity contribution in [2.75, 3.05) is 0 Å². The van der Waals surface area contributed by atoms with Crippen LogP contribution >= 0.6 is 12.4 Å². The minimum Gasteiger partial charge on any atom is -0.327 e. The van der Waals surface area contributed by atoms with Crippen molar-refractivity contribution in [3.63, 3.8) is 0 Å². The minimum absolute atomic E-state index is 0. The van der Waals surface area contributed by atoms with Crippen LogP contribution in [0.15, 0.2) is 30.3 Å². The van der Waals surface area contributed by atoms with Gasteiger partial charge in [-0.05, 0) is 24.3 Å². The molecule has 1 aromatic carbocycles. The van der Waals surface area contributed by atoms with Gasteiger partial charge in [-0.2, -0.15) is 0 Å². The molecule has 1 saturated carbocycles. The van der Waals surface area contributed by atoms with Crippen molar-refractivity contribution in [1.29, 1.82) is 0 Å². The molecule has 0 unspecified atom stereocenters. The maximum atomic E-state index is 5.85. The van der Waals surface area contributed by atoms with Gasteiger partial charge in [0.05, 0.1) is 0 Å². The fourth-order valence-electron chi connectivity index (χ4n) is 1.64. The summed E-state index contributed by atoms with van der Waals surface area (Å²) in [5, 5.41) is 0. The van der Waals surface area contributed by atoms with Crippen LogP contribution in [0.5, 0.6) is 0 Å². The molecule has 2 rings (SSSR count). The van der Waals surface area contributed by atoms with Gasteiger partial charge in [0.25, 0.3) is 0 Å². The van der Waals surface area contributed by atoms with Crippen LogP contribution in [0.1, 0.15) is 24.3 Å². The SMILES string of the molecule is Cl.N[C@@H]1CC[C@H]1c1ccccc1. The molecule has 0 amide bonds. The van der Waals surface area contributed by atoms with Gasteiger partial charge in [-0.15, -0.1) is 12.4 Å². The predicted molar refractivity (Wildman–Crippen MR) is 53.6 cm³/mol. The maximum Gasteiger partial charge on any atom is 0.0108 e. The van der Waals surface area contributed by atoms with E-state index < -0.39 is 0 Å². The highest BCUT2D eigenvalue weighted by Gasteiger charge is 2.28. The predicted octanol–water partition coefficient (Wildman–Crippen LogP) is 2.31. The number of hydrogen-bond acceptors (Lipinski definition) is 1. The van der Waals surface area contributed by atoms with E-state index in [0.717, 1.165) is 0 Å². The molecule has 2 N–H and O–H groups in total. The number of nitrogens with two attached hydrogens (primary N) is 1. The molecule has 0 saturated heterocycles. The molecule has 0 aromatic heterocycles. The Morgan fingerprint density at radius 2 is 1.75 bits per heavy atom. The zero-order valence-electron chi connectivity index (χ0n) is 6.94. The summed E-state index contributed by atoms with van der Waals surface area (Å²) in [6.07, 6.45) is 2.46. The number of hydrogen-bond donors (Lipinski definition) is 1. The van der Waals surface area contributed by atoms with Gasteiger partial charge in [0.15, 0.2) is 0 Å².